The highest BCUT2D eigenvalue weighted by molar-refractivity contribution is 7.94. The van der Waals surface area contributed by atoms with Crippen LogP contribution >= 0.6 is 11.3 Å². The number of amides is 1. The van der Waals surface area contributed by atoms with Crippen molar-refractivity contribution in [2.75, 3.05) is 4.72 Å². The molecular formula is C21H17FN4O3S2. The standard InChI is InChI=1S/C21H17FN4O3S2/c22-18-12-15(3-8-19(18)26-10-9-23-14-26)13-24-21(27)16-4-6-17(7-5-16)25-31(28,29)20-2-1-11-30-20/h1-12,14,25H,13H2,(H,24,27). The molecule has 7 nitrogen and oxygen atoms in total. The van der Waals surface area contributed by atoms with Crippen molar-refractivity contribution in [1.29, 1.82) is 0 Å². The maximum Gasteiger partial charge on any atom is 0.271 e. The lowest BCUT2D eigenvalue weighted by atomic mass is 10.1. The predicted molar refractivity (Wildman–Crippen MR) is 116 cm³/mol. The number of thiophene rings is 1. The van der Waals surface area contributed by atoms with Crippen molar-refractivity contribution in [3.8, 4) is 5.69 Å². The van der Waals surface area contributed by atoms with Gasteiger partial charge in [0.05, 0.1) is 12.0 Å². The van der Waals surface area contributed by atoms with Crippen molar-refractivity contribution in [1.82, 2.24) is 14.9 Å². The van der Waals surface area contributed by atoms with Crippen LogP contribution in [0.15, 0.2) is 82.9 Å². The molecule has 0 radical (unpaired) electrons. The van der Waals surface area contributed by atoms with Crippen LogP contribution < -0.4 is 10.0 Å². The number of rotatable bonds is 7. The lowest BCUT2D eigenvalue weighted by molar-refractivity contribution is 0.0951. The highest BCUT2D eigenvalue weighted by Gasteiger charge is 2.15. The number of aromatic nitrogens is 2. The van der Waals surface area contributed by atoms with Gasteiger partial charge in [-0.05, 0) is 53.4 Å². The van der Waals surface area contributed by atoms with Gasteiger partial charge in [-0.15, -0.1) is 11.3 Å². The summed E-state index contributed by atoms with van der Waals surface area (Å²) in [6.45, 7) is 0.146. The number of hydrogen-bond donors (Lipinski definition) is 2. The molecule has 2 N–H and O–H groups in total. The first-order chi connectivity index (χ1) is 14.9. The van der Waals surface area contributed by atoms with Gasteiger partial charge in [0.25, 0.3) is 15.9 Å². The van der Waals surface area contributed by atoms with Crippen LogP contribution in [-0.2, 0) is 16.6 Å². The van der Waals surface area contributed by atoms with Gasteiger partial charge in [-0.1, -0.05) is 12.1 Å². The quantitative estimate of drug-likeness (QED) is 0.442. The van der Waals surface area contributed by atoms with E-state index in [0.717, 1.165) is 11.3 Å². The minimum absolute atomic E-state index is 0.146. The summed E-state index contributed by atoms with van der Waals surface area (Å²) in [6.07, 6.45) is 4.71. The Morgan fingerprint density at radius 1 is 1.13 bits per heavy atom. The highest BCUT2D eigenvalue weighted by Crippen LogP contribution is 2.20. The lowest BCUT2D eigenvalue weighted by Crippen LogP contribution is -2.23. The molecule has 4 rings (SSSR count). The van der Waals surface area contributed by atoms with E-state index in [1.54, 1.807) is 40.5 Å². The molecule has 2 aromatic carbocycles. The van der Waals surface area contributed by atoms with E-state index in [1.807, 2.05) is 0 Å². The molecule has 1 amide bonds. The van der Waals surface area contributed by atoms with Gasteiger partial charge in [0.1, 0.15) is 10.0 Å². The Labute approximate surface area is 182 Å². The maximum atomic E-state index is 14.3. The summed E-state index contributed by atoms with van der Waals surface area (Å²) in [4.78, 5) is 16.3. The van der Waals surface area contributed by atoms with E-state index in [0.29, 0.717) is 22.5 Å². The summed E-state index contributed by atoms with van der Waals surface area (Å²) in [7, 11) is -3.65. The third kappa shape index (κ3) is 4.81. The summed E-state index contributed by atoms with van der Waals surface area (Å²) in [6, 6.07) is 13.9. The first-order valence-corrected chi connectivity index (χ1v) is 11.5. The molecule has 0 saturated heterocycles. The molecule has 0 aliphatic carbocycles. The molecule has 0 spiro atoms. The van der Waals surface area contributed by atoms with Gasteiger partial charge in [-0.25, -0.2) is 17.8 Å². The van der Waals surface area contributed by atoms with Crippen molar-refractivity contribution < 1.29 is 17.6 Å². The van der Waals surface area contributed by atoms with E-state index >= 15 is 0 Å². The Hall–Kier alpha value is -3.50. The fourth-order valence-electron chi connectivity index (χ4n) is 2.87. The third-order valence-corrected chi connectivity index (χ3v) is 7.19. The summed E-state index contributed by atoms with van der Waals surface area (Å²) in [5, 5.41) is 4.40. The predicted octanol–water partition coefficient (Wildman–Crippen LogP) is 3.80. The summed E-state index contributed by atoms with van der Waals surface area (Å²) < 4.78 is 43.1. The minimum atomic E-state index is -3.65. The normalized spacial score (nSPS) is 11.3. The minimum Gasteiger partial charge on any atom is -0.348 e. The number of sulfonamides is 1. The molecule has 31 heavy (non-hydrogen) atoms. The Kier molecular flexibility index (Phi) is 5.83. The van der Waals surface area contributed by atoms with Gasteiger partial charge >= 0.3 is 0 Å². The van der Waals surface area contributed by atoms with Crippen LogP contribution in [0.25, 0.3) is 5.69 Å². The number of anilines is 1. The van der Waals surface area contributed by atoms with Crippen molar-refractivity contribution in [3.63, 3.8) is 0 Å². The number of nitrogens with zero attached hydrogens (tertiary/aromatic N) is 2. The van der Waals surface area contributed by atoms with E-state index in [4.69, 9.17) is 0 Å². The molecule has 0 fully saturated rings. The second kappa shape index (κ2) is 8.70. The summed E-state index contributed by atoms with van der Waals surface area (Å²) in [5.41, 5.74) is 1.68. The molecule has 0 atom stereocenters. The average molecular weight is 457 g/mol. The van der Waals surface area contributed by atoms with Crippen molar-refractivity contribution >= 4 is 33.0 Å². The van der Waals surface area contributed by atoms with Gasteiger partial charge in [0.15, 0.2) is 0 Å². The van der Waals surface area contributed by atoms with Crippen LogP contribution in [0.1, 0.15) is 15.9 Å². The molecule has 0 bridgehead atoms. The average Bonchev–Trinajstić information content (AvgIpc) is 3.47. The third-order valence-electron chi connectivity index (χ3n) is 4.41. The maximum absolute atomic E-state index is 14.3. The lowest BCUT2D eigenvalue weighted by Gasteiger charge is -2.09. The fraction of sp³-hybridized carbons (Fsp3) is 0.0476. The van der Waals surface area contributed by atoms with Crippen molar-refractivity contribution in [2.24, 2.45) is 0 Å². The molecule has 10 heteroatoms. The van der Waals surface area contributed by atoms with Crippen LogP contribution in [0.3, 0.4) is 0 Å². The van der Waals surface area contributed by atoms with E-state index in [9.17, 15) is 17.6 Å². The number of benzene rings is 2. The number of imidazole rings is 1. The number of hydrogen-bond acceptors (Lipinski definition) is 5. The van der Waals surface area contributed by atoms with Crippen LogP contribution in [0.5, 0.6) is 0 Å². The zero-order chi connectivity index (χ0) is 21.8. The van der Waals surface area contributed by atoms with Gasteiger partial charge < -0.3 is 9.88 Å². The molecule has 2 heterocycles. The fourth-order valence-corrected chi connectivity index (χ4v) is 4.92. The monoisotopic (exact) mass is 456 g/mol. The van der Waals surface area contributed by atoms with Gasteiger partial charge in [0, 0.05) is 30.2 Å². The molecule has 4 aromatic rings. The largest absolute Gasteiger partial charge is 0.348 e. The second-order valence-electron chi connectivity index (χ2n) is 6.55. The molecule has 2 aromatic heterocycles. The number of halogens is 1. The molecule has 0 unspecified atom stereocenters. The van der Waals surface area contributed by atoms with Gasteiger partial charge in [-0.3, -0.25) is 9.52 Å². The smallest absolute Gasteiger partial charge is 0.271 e. The highest BCUT2D eigenvalue weighted by atomic mass is 32.2. The number of nitrogens with one attached hydrogen (secondary N) is 2. The van der Waals surface area contributed by atoms with E-state index < -0.39 is 15.8 Å². The summed E-state index contributed by atoms with van der Waals surface area (Å²) in [5.74, 6) is -0.779. The van der Waals surface area contributed by atoms with E-state index in [-0.39, 0.29) is 16.7 Å². The van der Waals surface area contributed by atoms with Crippen molar-refractivity contribution in [3.05, 3.63) is 95.6 Å². The first-order valence-electron chi connectivity index (χ1n) is 9.14. The Bertz CT molecular complexity index is 1290. The zero-order valence-corrected chi connectivity index (χ0v) is 17.7. The first kappa shape index (κ1) is 20.8. The zero-order valence-electron chi connectivity index (χ0n) is 16.0. The van der Waals surface area contributed by atoms with Crippen LogP contribution in [0.4, 0.5) is 10.1 Å². The van der Waals surface area contributed by atoms with Crippen LogP contribution in [0, 0.1) is 5.82 Å². The van der Waals surface area contributed by atoms with Crippen LogP contribution in [0.2, 0.25) is 0 Å². The summed E-state index contributed by atoms with van der Waals surface area (Å²) >= 11 is 1.12. The number of carbonyl (C=O) groups is 1. The van der Waals surface area contributed by atoms with E-state index in [2.05, 4.69) is 15.0 Å². The van der Waals surface area contributed by atoms with E-state index in [1.165, 1.54) is 42.7 Å². The molecule has 0 saturated carbocycles. The number of carbonyl (C=O) groups excluding carboxylic acids is 1. The molecule has 0 aliphatic rings. The van der Waals surface area contributed by atoms with Gasteiger partial charge in [-0.2, -0.15) is 0 Å². The second-order valence-corrected chi connectivity index (χ2v) is 9.41. The Balaban J connectivity index is 1.37. The molecule has 158 valence electrons. The SMILES string of the molecule is O=C(NCc1ccc(-n2ccnc2)c(F)c1)c1ccc(NS(=O)(=O)c2cccs2)cc1. The van der Waals surface area contributed by atoms with Crippen LogP contribution in [-0.4, -0.2) is 23.9 Å². The molecule has 0 aliphatic heterocycles. The van der Waals surface area contributed by atoms with Crippen molar-refractivity contribution in [2.45, 2.75) is 10.8 Å². The topological polar surface area (TPSA) is 93.1 Å². The van der Waals surface area contributed by atoms with Gasteiger partial charge in [0.2, 0.25) is 0 Å². The Morgan fingerprint density at radius 3 is 2.58 bits per heavy atom. The molecular weight excluding hydrogens is 439 g/mol. The Morgan fingerprint density at radius 2 is 1.94 bits per heavy atom.